The molecule has 0 aliphatic rings. The quantitative estimate of drug-likeness (QED) is 0.340. The van der Waals surface area contributed by atoms with Crippen molar-refractivity contribution in [3.63, 3.8) is 0 Å². The number of carbonyl (C=O) groups is 1. The molecule has 5 nitrogen and oxygen atoms in total. The molecule has 0 bridgehead atoms. The Labute approximate surface area is 189 Å². The Balaban J connectivity index is 1.61. The second-order valence-electron chi connectivity index (χ2n) is 6.90. The highest BCUT2D eigenvalue weighted by Gasteiger charge is 2.14. The van der Waals surface area contributed by atoms with Crippen molar-refractivity contribution >= 4 is 45.9 Å². The molecule has 4 aromatic rings. The lowest BCUT2D eigenvalue weighted by molar-refractivity contribution is 0.102. The van der Waals surface area contributed by atoms with Gasteiger partial charge in [-0.05, 0) is 67.4 Å². The van der Waals surface area contributed by atoms with Crippen LogP contribution in [0.15, 0.2) is 59.0 Å². The van der Waals surface area contributed by atoms with Gasteiger partial charge in [0, 0.05) is 11.1 Å². The van der Waals surface area contributed by atoms with Crippen LogP contribution in [0.1, 0.15) is 29.8 Å². The molecule has 31 heavy (non-hydrogen) atoms. The van der Waals surface area contributed by atoms with Crippen LogP contribution in [0.25, 0.3) is 22.6 Å². The summed E-state index contributed by atoms with van der Waals surface area (Å²) in [4.78, 5) is 17.3. The van der Waals surface area contributed by atoms with Crippen LogP contribution in [-0.4, -0.2) is 17.5 Å². The lowest BCUT2D eigenvalue weighted by atomic mass is 10.1. The molecule has 3 aromatic carbocycles. The van der Waals surface area contributed by atoms with E-state index in [1.165, 1.54) is 5.56 Å². The maximum atomic E-state index is 12.7. The third-order valence-corrected chi connectivity index (χ3v) is 5.44. The van der Waals surface area contributed by atoms with Gasteiger partial charge in [0.2, 0.25) is 5.89 Å². The molecule has 1 N–H and O–H groups in total. The Morgan fingerprint density at radius 1 is 1.03 bits per heavy atom. The zero-order valence-corrected chi connectivity index (χ0v) is 18.6. The highest BCUT2D eigenvalue weighted by Crippen LogP contribution is 2.32. The first kappa shape index (κ1) is 21.2. The number of amides is 1. The molecule has 1 heterocycles. The van der Waals surface area contributed by atoms with Crippen LogP contribution in [0.2, 0.25) is 10.0 Å². The monoisotopic (exact) mass is 454 g/mol. The molecule has 0 spiro atoms. The molecule has 158 valence electrons. The molecular weight excluding hydrogens is 435 g/mol. The van der Waals surface area contributed by atoms with Crippen LogP contribution < -0.4 is 10.1 Å². The number of nitrogens with one attached hydrogen (secondary N) is 1. The van der Waals surface area contributed by atoms with Gasteiger partial charge in [0.1, 0.15) is 11.3 Å². The zero-order valence-electron chi connectivity index (χ0n) is 17.0. The number of nitrogens with zero attached hydrogens (tertiary/aromatic N) is 1. The van der Waals surface area contributed by atoms with Crippen LogP contribution in [0, 0.1) is 0 Å². The molecule has 4 rings (SSSR count). The maximum Gasteiger partial charge on any atom is 0.255 e. The summed E-state index contributed by atoms with van der Waals surface area (Å²) in [5.41, 5.74) is 4.23. The van der Waals surface area contributed by atoms with E-state index < -0.39 is 0 Å². The summed E-state index contributed by atoms with van der Waals surface area (Å²) < 4.78 is 11.3. The molecule has 0 aliphatic carbocycles. The molecule has 7 heteroatoms. The summed E-state index contributed by atoms with van der Waals surface area (Å²) in [6.45, 7) is 4.45. The Morgan fingerprint density at radius 2 is 1.87 bits per heavy atom. The normalized spacial score (nSPS) is 11.0. The van der Waals surface area contributed by atoms with Crippen LogP contribution in [-0.2, 0) is 6.42 Å². The summed E-state index contributed by atoms with van der Waals surface area (Å²) in [7, 11) is 0. The molecule has 0 aliphatic heterocycles. The number of fused-ring (bicyclic) bond motifs is 1. The number of oxazole rings is 1. The fourth-order valence-corrected chi connectivity index (χ4v) is 3.58. The molecular formula is C24H20Cl2N2O3. The Kier molecular flexibility index (Phi) is 6.16. The van der Waals surface area contributed by atoms with Gasteiger partial charge in [0.05, 0.1) is 22.3 Å². The first-order valence-corrected chi connectivity index (χ1v) is 10.7. The molecule has 0 fully saturated rings. The standard InChI is InChI=1S/C24H20Cl2N2O3/c1-3-14-5-9-22-20(11-14)28-24(31-22)16-6-8-17(25)19(13-16)27-23(29)15-7-10-21(30-4-2)18(26)12-15/h5-13H,3-4H2,1-2H3,(H,27,29). The molecule has 0 atom stereocenters. The van der Waals surface area contributed by atoms with E-state index in [9.17, 15) is 4.79 Å². The predicted octanol–water partition coefficient (Wildman–Crippen LogP) is 7.02. The number of ether oxygens (including phenoxy) is 1. The minimum Gasteiger partial charge on any atom is -0.492 e. The van der Waals surface area contributed by atoms with Crippen molar-refractivity contribution in [1.82, 2.24) is 4.98 Å². The first-order chi connectivity index (χ1) is 15.0. The average molecular weight is 455 g/mol. The summed E-state index contributed by atoms with van der Waals surface area (Å²) in [5, 5.41) is 3.60. The van der Waals surface area contributed by atoms with Crippen molar-refractivity contribution in [3.05, 3.63) is 75.8 Å². The van der Waals surface area contributed by atoms with Crippen LogP contribution in [0.5, 0.6) is 5.75 Å². The van der Waals surface area contributed by atoms with Crippen molar-refractivity contribution in [1.29, 1.82) is 0 Å². The van der Waals surface area contributed by atoms with E-state index in [1.807, 2.05) is 25.1 Å². The smallest absolute Gasteiger partial charge is 0.255 e. The highest BCUT2D eigenvalue weighted by atomic mass is 35.5. The van der Waals surface area contributed by atoms with E-state index >= 15 is 0 Å². The number of hydrogen-bond donors (Lipinski definition) is 1. The maximum absolute atomic E-state index is 12.7. The van der Waals surface area contributed by atoms with E-state index in [1.54, 1.807) is 36.4 Å². The molecule has 0 radical (unpaired) electrons. The van der Waals surface area contributed by atoms with Crippen LogP contribution >= 0.6 is 23.2 Å². The van der Waals surface area contributed by atoms with Gasteiger partial charge in [-0.2, -0.15) is 0 Å². The number of anilines is 1. The highest BCUT2D eigenvalue weighted by molar-refractivity contribution is 6.34. The number of halogens is 2. The summed E-state index contributed by atoms with van der Waals surface area (Å²) in [6, 6.07) is 16.1. The fourth-order valence-electron chi connectivity index (χ4n) is 3.18. The SMILES string of the molecule is CCOc1ccc(C(=O)Nc2cc(-c3nc4cc(CC)ccc4o3)ccc2Cl)cc1Cl. The van der Waals surface area contributed by atoms with E-state index in [0.717, 1.165) is 11.9 Å². The first-order valence-electron chi connectivity index (χ1n) is 9.91. The molecule has 1 aromatic heterocycles. The summed E-state index contributed by atoms with van der Waals surface area (Å²) in [6.07, 6.45) is 0.921. The van der Waals surface area contributed by atoms with E-state index in [4.69, 9.17) is 32.4 Å². The van der Waals surface area contributed by atoms with Crippen molar-refractivity contribution in [2.45, 2.75) is 20.3 Å². The second-order valence-corrected chi connectivity index (χ2v) is 7.72. The fraction of sp³-hybridized carbons (Fsp3) is 0.167. The molecule has 0 saturated heterocycles. The number of rotatable bonds is 6. The van der Waals surface area contributed by atoms with Crippen molar-refractivity contribution in [2.24, 2.45) is 0 Å². The second kappa shape index (κ2) is 9.00. The van der Waals surface area contributed by atoms with Gasteiger partial charge >= 0.3 is 0 Å². The number of aryl methyl sites for hydroxylation is 1. The summed E-state index contributed by atoms with van der Waals surface area (Å²) >= 11 is 12.5. The van der Waals surface area contributed by atoms with Crippen molar-refractivity contribution in [3.8, 4) is 17.2 Å². The molecule has 0 saturated carbocycles. The zero-order chi connectivity index (χ0) is 22.0. The van der Waals surface area contributed by atoms with Gasteiger partial charge in [-0.15, -0.1) is 0 Å². The Morgan fingerprint density at radius 3 is 2.61 bits per heavy atom. The minimum absolute atomic E-state index is 0.339. The minimum atomic E-state index is -0.339. The number of carbonyl (C=O) groups excluding carboxylic acids is 1. The van der Waals surface area contributed by atoms with Gasteiger partial charge in [-0.1, -0.05) is 36.2 Å². The number of aromatic nitrogens is 1. The molecule has 0 unspecified atom stereocenters. The molecule has 1 amide bonds. The Bertz CT molecular complexity index is 1270. The van der Waals surface area contributed by atoms with Crippen LogP contribution in [0.3, 0.4) is 0 Å². The Hall–Kier alpha value is -3.02. The third kappa shape index (κ3) is 4.53. The van der Waals surface area contributed by atoms with Gasteiger partial charge in [-0.3, -0.25) is 4.79 Å². The largest absolute Gasteiger partial charge is 0.492 e. The lowest BCUT2D eigenvalue weighted by Gasteiger charge is -2.10. The van der Waals surface area contributed by atoms with Crippen LogP contribution in [0.4, 0.5) is 5.69 Å². The average Bonchev–Trinajstić information content (AvgIpc) is 3.20. The third-order valence-electron chi connectivity index (χ3n) is 4.82. The van der Waals surface area contributed by atoms with Crippen molar-refractivity contribution < 1.29 is 13.9 Å². The topological polar surface area (TPSA) is 64.4 Å². The summed E-state index contributed by atoms with van der Waals surface area (Å²) in [5.74, 6) is 0.650. The van der Waals surface area contributed by atoms with Gasteiger partial charge in [0.25, 0.3) is 5.91 Å². The van der Waals surface area contributed by atoms with E-state index in [0.29, 0.717) is 50.7 Å². The van der Waals surface area contributed by atoms with E-state index in [-0.39, 0.29) is 5.91 Å². The predicted molar refractivity (Wildman–Crippen MR) is 124 cm³/mol. The van der Waals surface area contributed by atoms with Gasteiger partial charge in [-0.25, -0.2) is 4.98 Å². The van der Waals surface area contributed by atoms with Gasteiger partial charge < -0.3 is 14.5 Å². The van der Waals surface area contributed by atoms with E-state index in [2.05, 4.69) is 17.2 Å². The van der Waals surface area contributed by atoms with Crippen molar-refractivity contribution in [2.75, 3.05) is 11.9 Å². The lowest BCUT2D eigenvalue weighted by Crippen LogP contribution is -2.12. The number of benzene rings is 3. The number of hydrogen-bond acceptors (Lipinski definition) is 4. The van der Waals surface area contributed by atoms with Gasteiger partial charge in [0.15, 0.2) is 5.58 Å².